The van der Waals surface area contributed by atoms with Gasteiger partial charge in [-0.1, -0.05) is 11.8 Å². The van der Waals surface area contributed by atoms with Crippen LogP contribution in [0.5, 0.6) is 0 Å². The van der Waals surface area contributed by atoms with Gasteiger partial charge in [0, 0.05) is 0 Å². The molecular weight excluding hydrogens is 284 g/mol. The molecule has 9 heteroatoms. The number of aliphatic hydroxyl groups is 3. The molecule has 0 radical (unpaired) electrons. The van der Waals surface area contributed by atoms with E-state index in [1.54, 1.807) is 10.8 Å². The molecule has 20 heavy (non-hydrogen) atoms. The highest BCUT2D eigenvalue weighted by Crippen LogP contribution is 2.31. The van der Waals surface area contributed by atoms with Gasteiger partial charge in [0.25, 0.3) is 0 Å². The van der Waals surface area contributed by atoms with Gasteiger partial charge < -0.3 is 20.1 Å². The lowest BCUT2D eigenvalue weighted by Gasteiger charge is -2.16. The van der Waals surface area contributed by atoms with E-state index in [1.807, 2.05) is 6.26 Å². The smallest absolute Gasteiger partial charge is 0.189 e. The van der Waals surface area contributed by atoms with Crippen LogP contribution in [0.3, 0.4) is 0 Å². The van der Waals surface area contributed by atoms with Crippen LogP contribution in [-0.2, 0) is 4.74 Å². The molecule has 2 aromatic heterocycles. The summed E-state index contributed by atoms with van der Waals surface area (Å²) in [5, 5.41) is 29.5. The first-order valence-electron chi connectivity index (χ1n) is 6.01. The van der Waals surface area contributed by atoms with Gasteiger partial charge in [0.2, 0.25) is 0 Å². The summed E-state index contributed by atoms with van der Waals surface area (Å²) >= 11 is 1.39. The molecule has 1 fully saturated rings. The Balaban J connectivity index is 2.02. The summed E-state index contributed by atoms with van der Waals surface area (Å²) in [4.78, 5) is 12.6. The van der Waals surface area contributed by atoms with Crippen molar-refractivity contribution >= 4 is 22.9 Å². The number of nitrogens with zero attached hydrogens (tertiary/aromatic N) is 4. The summed E-state index contributed by atoms with van der Waals surface area (Å²) in [6.07, 6.45) is 0.956. The molecule has 3 heterocycles. The van der Waals surface area contributed by atoms with Crippen LogP contribution in [0.2, 0.25) is 0 Å². The summed E-state index contributed by atoms with van der Waals surface area (Å²) in [5.74, 6) is 0. The third kappa shape index (κ3) is 2.07. The summed E-state index contributed by atoms with van der Waals surface area (Å²) in [6.45, 7) is -0.369. The topological polar surface area (TPSA) is 114 Å². The zero-order chi connectivity index (χ0) is 14.3. The zero-order valence-corrected chi connectivity index (χ0v) is 11.4. The molecule has 4 atom stereocenters. The quantitative estimate of drug-likeness (QED) is 0.496. The van der Waals surface area contributed by atoms with E-state index in [2.05, 4.69) is 15.0 Å². The lowest BCUT2D eigenvalue weighted by atomic mass is 10.1. The van der Waals surface area contributed by atoms with Crippen molar-refractivity contribution in [2.24, 2.45) is 0 Å². The molecule has 0 amide bonds. The minimum Gasteiger partial charge on any atom is -0.394 e. The van der Waals surface area contributed by atoms with E-state index in [0.717, 1.165) is 0 Å². The first-order chi connectivity index (χ1) is 9.65. The molecular formula is C11H14N4O4S. The van der Waals surface area contributed by atoms with Crippen molar-refractivity contribution in [1.82, 2.24) is 19.5 Å². The number of hydrogen-bond donors (Lipinski definition) is 3. The Hall–Kier alpha value is -1.26. The van der Waals surface area contributed by atoms with Crippen molar-refractivity contribution in [2.75, 3.05) is 12.9 Å². The molecule has 0 saturated carbocycles. The molecule has 1 aliphatic rings. The van der Waals surface area contributed by atoms with E-state index in [1.165, 1.54) is 18.1 Å². The number of rotatable bonds is 3. The van der Waals surface area contributed by atoms with Gasteiger partial charge in [-0.3, -0.25) is 4.57 Å². The maximum atomic E-state index is 10.0. The second-order valence-corrected chi connectivity index (χ2v) is 5.22. The minimum absolute atomic E-state index is 0.369. The molecule has 108 valence electrons. The van der Waals surface area contributed by atoms with Gasteiger partial charge in [-0.2, -0.15) is 0 Å². The number of ether oxygens (including phenoxy) is 1. The molecule has 4 unspecified atom stereocenters. The predicted molar refractivity (Wildman–Crippen MR) is 70.1 cm³/mol. The molecule has 2 aromatic rings. The van der Waals surface area contributed by atoms with Crippen LogP contribution in [0.15, 0.2) is 17.7 Å². The van der Waals surface area contributed by atoms with Gasteiger partial charge in [0.1, 0.15) is 23.8 Å². The van der Waals surface area contributed by atoms with E-state index in [4.69, 9.17) is 9.84 Å². The van der Waals surface area contributed by atoms with Crippen molar-refractivity contribution in [3.05, 3.63) is 12.5 Å². The normalized spacial score (nSPS) is 30.2. The molecule has 0 aromatic carbocycles. The Kier molecular flexibility index (Phi) is 3.61. The fraction of sp³-hybridized carbons (Fsp3) is 0.545. The average molecular weight is 298 g/mol. The second-order valence-electron chi connectivity index (χ2n) is 4.45. The Morgan fingerprint density at radius 3 is 2.80 bits per heavy atom. The van der Waals surface area contributed by atoms with E-state index in [9.17, 15) is 10.2 Å². The fourth-order valence-corrected chi connectivity index (χ4v) is 2.54. The van der Waals surface area contributed by atoms with Crippen LogP contribution in [0.1, 0.15) is 6.23 Å². The number of thioether (sulfide) groups is 1. The van der Waals surface area contributed by atoms with E-state index >= 15 is 0 Å². The second kappa shape index (κ2) is 5.26. The molecule has 1 aliphatic heterocycles. The Bertz CT molecular complexity index is 621. The lowest BCUT2D eigenvalue weighted by molar-refractivity contribution is -0.0511. The highest BCUT2D eigenvalue weighted by Gasteiger charge is 2.43. The molecule has 1 saturated heterocycles. The molecule has 0 aliphatic carbocycles. The summed E-state index contributed by atoms with van der Waals surface area (Å²) < 4.78 is 7.01. The Labute approximate surface area is 118 Å². The van der Waals surface area contributed by atoms with Gasteiger partial charge in [-0.05, 0) is 6.26 Å². The summed E-state index contributed by atoms with van der Waals surface area (Å²) in [6, 6.07) is 0. The molecule has 8 nitrogen and oxygen atoms in total. The van der Waals surface area contributed by atoms with Crippen LogP contribution in [0.4, 0.5) is 0 Å². The van der Waals surface area contributed by atoms with E-state index in [0.29, 0.717) is 16.3 Å². The third-order valence-electron chi connectivity index (χ3n) is 3.27. The average Bonchev–Trinajstić information content (AvgIpc) is 3.01. The molecule has 0 spiro atoms. The predicted octanol–water partition coefficient (Wildman–Crippen LogP) is -0.840. The monoisotopic (exact) mass is 298 g/mol. The van der Waals surface area contributed by atoms with Crippen LogP contribution in [-0.4, -0.2) is 66.0 Å². The molecule has 0 bridgehead atoms. The lowest BCUT2D eigenvalue weighted by Crippen LogP contribution is -2.33. The number of aliphatic hydroxyl groups excluding tert-OH is 3. The van der Waals surface area contributed by atoms with Crippen molar-refractivity contribution in [3.8, 4) is 0 Å². The van der Waals surface area contributed by atoms with Crippen LogP contribution in [0, 0.1) is 0 Å². The number of fused-ring (bicyclic) bond motifs is 1. The highest BCUT2D eigenvalue weighted by molar-refractivity contribution is 7.98. The van der Waals surface area contributed by atoms with Crippen LogP contribution in [0.25, 0.3) is 11.2 Å². The van der Waals surface area contributed by atoms with Crippen LogP contribution >= 0.6 is 11.8 Å². The first-order valence-corrected chi connectivity index (χ1v) is 7.24. The number of hydrogen-bond acceptors (Lipinski definition) is 8. The van der Waals surface area contributed by atoms with Crippen molar-refractivity contribution in [2.45, 2.75) is 29.7 Å². The fourth-order valence-electron chi connectivity index (χ4n) is 2.21. The largest absolute Gasteiger partial charge is 0.394 e. The maximum Gasteiger partial charge on any atom is 0.189 e. The zero-order valence-electron chi connectivity index (χ0n) is 10.6. The summed E-state index contributed by atoms with van der Waals surface area (Å²) in [7, 11) is 0. The van der Waals surface area contributed by atoms with Gasteiger partial charge >= 0.3 is 0 Å². The molecule has 3 rings (SSSR count). The Morgan fingerprint density at radius 1 is 1.35 bits per heavy atom. The number of imidazole rings is 1. The van der Waals surface area contributed by atoms with E-state index < -0.39 is 24.5 Å². The van der Waals surface area contributed by atoms with Gasteiger partial charge in [0.15, 0.2) is 17.0 Å². The number of aromatic nitrogens is 4. The van der Waals surface area contributed by atoms with E-state index in [-0.39, 0.29) is 6.61 Å². The van der Waals surface area contributed by atoms with Crippen LogP contribution < -0.4 is 0 Å². The SMILES string of the molecule is CSc1ncc2ncn(C3OC(CO)C(O)C3O)c2n1. The Morgan fingerprint density at radius 2 is 2.15 bits per heavy atom. The van der Waals surface area contributed by atoms with Gasteiger partial charge in [-0.25, -0.2) is 15.0 Å². The van der Waals surface area contributed by atoms with Gasteiger partial charge in [-0.15, -0.1) is 0 Å². The minimum atomic E-state index is -1.16. The summed E-state index contributed by atoms with van der Waals surface area (Å²) in [5.41, 5.74) is 1.08. The third-order valence-corrected chi connectivity index (χ3v) is 3.83. The maximum absolute atomic E-state index is 10.0. The van der Waals surface area contributed by atoms with Crippen molar-refractivity contribution in [3.63, 3.8) is 0 Å². The van der Waals surface area contributed by atoms with Gasteiger partial charge in [0.05, 0.1) is 19.1 Å². The molecule has 3 N–H and O–H groups in total. The highest BCUT2D eigenvalue weighted by atomic mass is 32.2. The van der Waals surface area contributed by atoms with Crippen molar-refractivity contribution in [1.29, 1.82) is 0 Å². The standard InChI is InChI=1S/C11H14N4O4S/c1-20-11-12-2-5-9(14-11)15(4-13-5)10-8(18)7(17)6(3-16)19-10/h2,4,6-8,10,16-18H,3H2,1H3. The van der Waals surface area contributed by atoms with Crippen molar-refractivity contribution < 1.29 is 20.1 Å². The first kappa shape index (κ1) is 13.7.